The van der Waals surface area contributed by atoms with Crippen LogP contribution in [0.5, 0.6) is 5.75 Å². The number of ether oxygens (including phenoxy) is 1. The summed E-state index contributed by atoms with van der Waals surface area (Å²) in [5, 5.41) is 9.51. The van der Waals surface area contributed by atoms with Crippen LogP contribution < -0.4 is 4.74 Å². The lowest BCUT2D eigenvalue weighted by Gasteiger charge is -2.16. The molecular weight excluding hydrogens is 297 g/mol. The summed E-state index contributed by atoms with van der Waals surface area (Å²) in [6.45, 7) is 0.123. The molecule has 1 atom stereocenters. The highest BCUT2D eigenvalue weighted by Gasteiger charge is 2.35. The molecule has 1 heterocycles. The molecule has 2 aromatic rings. The molecule has 6 heteroatoms. The molecule has 1 aliphatic heterocycles. The van der Waals surface area contributed by atoms with Crippen molar-refractivity contribution in [2.45, 2.75) is 18.7 Å². The molecule has 0 saturated carbocycles. The van der Waals surface area contributed by atoms with Crippen LogP contribution in [0.15, 0.2) is 42.5 Å². The van der Waals surface area contributed by atoms with Crippen LogP contribution in [0.1, 0.15) is 28.2 Å². The van der Waals surface area contributed by atoms with E-state index in [0.717, 1.165) is 12.1 Å². The van der Waals surface area contributed by atoms with Crippen molar-refractivity contribution in [3.8, 4) is 5.75 Å². The number of benzene rings is 2. The van der Waals surface area contributed by atoms with Gasteiger partial charge in [0.15, 0.2) is 0 Å². The van der Waals surface area contributed by atoms with Crippen molar-refractivity contribution in [3.05, 3.63) is 64.7 Å². The summed E-state index contributed by atoms with van der Waals surface area (Å²) < 4.78 is 44.2. The number of carboxylic acids is 1. The largest absolute Gasteiger partial charge is 0.489 e. The van der Waals surface area contributed by atoms with E-state index in [-0.39, 0.29) is 17.9 Å². The van der Waals surface area contributed by atoms with E-state index in [1.807, 2.05) is 0 Å². The smallest absolute Gasteiger partial charge is 0.416 e. The minimum absolute atomic E-state index is 0.0206. The van der Waals surface area contributed by atoms with Gasteiger partial charge in [0.05, 0.1) is 5.56 Å². The van der Waals surface area contributed by atoms with Gasteiger partial charge in [0.25, 0.3) is 0 Å². The number of hydrogen-bond acceptors (Lipinski definition) is 2. The van der Waals surface area contributed by atoms with E-state index in [4.69, 9.17) is 4.74 Å². The first kappa shape index (κ1) is 14.4. The average Bonchev–Trinajstić information content (AvgIpc) is 2.62. The van der Waals surface area contributed by atoms with Gasteiger partial charge in [0.2, 0.25) is 0 Å². The quantitative estimate of drug-likeness (QED) is 0.871. The zero-order chi connectivity index (χ0) is 15.9. The van der Waals surface area contributed by atoms with Crippen molar-refractivity contribution in [1.29, 1.82) is 0 Å². The van der Waals surface area contributed by atoms with Crippen LogP contribution in [0.2, 0.25) is 0 Å². The van der Waals surface area contributed by atoms with Gasteiger partial charge in [-0.3, -0.25) is 4.79 Å². The van der Waals surface area contributed by atoms with E-state index in [1.54, 1.807) is 24.3 Å². The summed E-state index contributed by atoms with van der Waals surface area (Å²) in [6, 6.07) is 9.64. The summed E-state index contributed by atoms with van der Waals surface area (Å²) in [5.41, 5.74) is 0.237. The fraction of sp³-hybridized carbons (Fsp3) is 0.188. The average molecular weight is 308 g/mol. The predicted octanol–water partition coefficient (Wildman–Crippen LogP) is 3.81. The van der Waals surface area contributed by atoms with E-state index in [2.05, 4.69) is 0 Å². The lowest BCUT2D eigenvalue weighted by Crippen LogP contribution is -2.15. The molecule has 2 aromatic carbocycles. The normalized spacial score (nSPS) is 17.0. The molecule has 3 nitrogen and oxygen atoms in total. The van der Waals surface area contributed by atoms with Crippen LogP contribution in [0.3, 0.4) is 0 Å². The maximum Gasteiger partial charge on any atom is 0.416 e. The molecule has 0 aromatic heterocycles. The first-order valence-electron chi connectivity index (χ1n) is 6.52. The van der Waals surface area contributed by atoms with Crippen LogP contribution in [0.4, 0.5) is 13.2 Å². The van der Waals surface area contributed by atoms with Gasteiger partial charge in [-0.05, 0) is 29.3 Å². The topological polar surface area (TPSA) is 46.5 Å². The standard InChI is InChI=1S/C16H11F3O3/c17-16(18,19)10-5-6-13-12(7-10)14(15(20)21)11-4-2-1-3-9(11)8-22-13/h1-7,14H,8H2,(H,20,21)/t14-/m1/s1. The maximum atomic E-state index is 12.9. The third-order valence-electron chi connectivity index (χ3n) is 3.64. The zero-order valence-corrected chi connectivity index (χ0v) is 11.2. The van der Waals surface area contributed by atoms with E-state index >= 15 is 0 Å². The third-order valence-corrected chi connectivity index (χ3v) is 3.64. The number of hydrogen-bond donors (Lipinski definition) is 1. The molecule has 114 valence electrons. The second-order valence-corrected chi connectivity index (χ2v) is 5.01. The first-order valence-corrected chi connectivity index (χ1v) is 6.52. The fourth-order valence-corrected chi connectivity index (χ4v) is 2.62. The Morgan fingerprint density at radius 1 is 1.14 bits per heavy atom. The number of carbonyl (C=O) groups is 1. The number of aliphatic carboxylic acids is 1. The van der Waals surface area contributed by atoms with Gasteiger partial charge >= 0.3 is 12.1 Å². The first-order chi connectivity index (χ1) is 10.4. The molecule has 1 N–H and O–H groups in total. The molecule has 3 rings (SSSR count). The highest BCUT2D eigenvalue weighted by atomic mass is 19.4. The molecule has 0 saturated heterocycles. The van der Waals surface area contributed by atoms with Gasteiger partial charge in [0.1, 0.15) is 18.3 Å². The van der Waals surface area contributed by atoms with Gasteiger partial charge in [-0.1, -0.05) is 24.3 Å². The Kier molecular flexibility index (Phi) is 3.31. The van der Waals surface area contributed by atoms with E-state index < -0.39 is 23.6 Å². The van der Waals surface area contributed by atoms with Crippen LogP contribution in [-0.2, 0) is 17.6 Å². The number of alkyl halides is 3. The summed E-state index contributed by atoms with van der Waals surface area (Å²) in [4.78, 5) is 11.7. The monoisotopic (exact) mass is 308 g/mol. The van der Waals surface area contributed by atoms with Gasteiger partial charge < -0.3 is 9.84 Å². The molecule has 0 spiro atoms. The third kappa shape index (κ3) is 2.41. The number of fused-ring (bicyclic) bond motifs is 2. The van der Waals surface area contributed by atoms with Gasteiger partial charge in [-0.2, -0.15) is 13.2 Å². The zero-order valence-electron chi connectivity index (χ0n) is 11.2. The minimum atomic E-state index is -4.54. The molecule has 22 heavy (non-hydrogen) atoms. The van der Waals surface area contributed by atoms with Crippen molar-refractivity contribution in [1.82, 2.24) is 0 Å². The molecule has 0 aliphatic carbocycles. The second-order valence-electron chi connectivity index (χ2n) is 5.01. The Bertz CT molecular complexity index is 738. The summed E-state index contributed by atoms with van der Waals surface area (Å²) in [7, 11) is 0. The molecule has 0 radical (unpaired) electrons. The van der Waals surface area contributed by atoms with Crippen LogP contribution in [-0.4, -0.2) is 11.1 Å². The Hall–Kier alpha value is -2.50. The summed E-state index contributed by atoms with van der Waals surface area (Å²) in [5.74, 6) is -2.23. The Morgan fingerprint density at radius 2 is 1.86 bits per heavy atom. The molecular formula is C16H11F3O3. The molecule has 1 aliphatic rings. The van der Waals surface area contributed by atoms with Crippen LogP contribution in [0, 0.1) is 0 Å². The number of carboxylic acid groups (broad SMARTS) is 1. The van der Waals surface area contributed by atoms with E-state index in [9.17, 15) is 23.1 Å². The minimum Gasteiger partial charge on any atom is -0.489 e. The molecule has 0 fully saturated rings. The lowest BCUT2D eigenvalue weighted by molar-refractivity contribution is -0.139. The Balaban J connectivity index is 2.22. The fourth-order valence-electron chi connectivity index (χ4n) is 2.62. The molecule has 0 unspecified atom stereocenters. The Morgan fingerprint density at radius 3 is 2.55 bits per heavy atom. The molecule has 0 amide bonds. The maximum absolute atomic E-state index is 12.9. The molecule has 0 bridgehead atoms. The van der Waals surface area contributed by atoms with Crippen molar-refractivity contribution in [2.24, 2.45) is 0 Å². The summed E-state index contributed by atoms with van der Waals surface area (Å²) in [6.07, 6.45) is -4.54. The Labute approximate surface area is 124 Å². The number of rotatable bonds is 1. The second kappa shape index (κ2) is 5.05. The van der Waals surface area contributed by atoms with E-state index in [1.165, 1.54) is 6.07 Å². The van der Waals surface area contributed by atoms with Gasteiger partial charge in [-0.25, -0.2) is 0 Å². The van der Waals surface area contributed by atoms with Gasteiger partial charge in [0, 0.05) is 5.56 Å². The van der Waals surface area contributed by atoms with Crippen molar-refractivity contribution < 1.29 is 27.8 Å². The van der Waals surface area contributed by atoms with Crippen LogP contribution >= 0.6 is 0 Å². The van der Waals surface area contributed by atoms with Gasteiger partial charge in [-0.15, -0.1) is 0 Å². The highest BCUT2D eigenvalue weighted by Crippen LogP contribution is 2.40. The highest BCUT2D eigenvalue weighted by molar-refractivity contribution is 5.82. The van der Waals surface area contributed by atoms with E-state index in [0.29, 0.717) is 11.1 Å². The van der Waals surface area contributed by atoms with Crippen molar-refractivity contribution in [3.63, 3.8) is 0 Å². The van der Waals surface area contributed by atoms with Crippen molar-refractivity contribution in [2.75, 3.05) is 0 Å². The number of halogens is 3. The van der Waals surface area contributed by atoms with Crippen molar-refractivity contribution >= 4 is 5.97 Å². The van der Waals surface area contributed by atoms with Crippen LogP contribution in [0.25, 0.3) is 0 Å². The predicted molar refractivity (Wildman–Crippen MR) is 71.7 cm³/mol. The SMILES string of the molecule is O=C(O)[C@@H]1c2ccccc2COc2ccc(C(F)(F)F)cc21. The lowest BCUT2D eigenvalue weighted by atomic mass is 9.88. The summed E-state index contributed by atoms with van der Waals surface area (Å²) >= 11 is 0.